The minimum atomic E-state index is -4.78. The van der Waals surface area contributed by atoms with Crippen LogP contribution in [0.2, 0.25) is 0 Å². The smallest absolute Gasteiger partial charge is 0.390 e. The van der Waals surface area contributed by atoms with Crippen molar-refractivity contribution in [1.82, 2.24) is 29.6 Å². The zero-order valence-electron chi connectivity index (χ0n) is 20.3. The van der Waals surface area contributed by atoms with Gasteiger partial charge in [0.15, 0.2) is 0 Å². The van der Waals surface area contributed by atoms with Gasteiger partial charge in [0.05, 0.1) is 17.5 Å². The Hall–Kier alpha value is -3.58. The number of aliphatic hydroxyl groups excluding tert-OH is 1. The fraction of sp³-hybridized carbons (Fsp3) is 0.400. The lowest BCUT2D eigenvalue weighted by atomic mass is 9.63. The van der Waals surface area contributed by atoms with Gasteiger partial charge in [0.25, 0.3) is 11.5 Å². The first-order chi connectivity index (χ1) is 17.9. The maximum absolute atomic E-state index is 14.1. The van der Waals surface area contributed by atoms with E-state index in [0.717, 1.165) is 47.5 Å². The topological polar surface area (TPSA) is 101 Å². The van der Waals surface area contributed by atoms with E-state index in [-0.39, 0.29) is 28.8 Å². The van der Waals surface area contributed by atoms with Crippen molar-refractivity contribution in [1.29, 1.82) is 0 Å². The number of pyridine rings is 1. The molecule has 13 heteroatoms. The maximum atomic E-state index is 14.1. The Morgan fingerprint density at radius 2 is 1.95 bits per heavy atom. The average Bonchev–Trinajstić information content (AvgIpc) is 3.45. The molecule has 0 saturated heterocycles. The van der Waals surface area contributed by atoms with E-state index in [0.29, 0.717) is 0 Å². The summed E-state index contributed by atoms with van der Waals surface area (Å²) in [6.45, 7) is -2.50. The number of nitrogens with zero attached hydrogens (tertiary/aromatic N) is 4. The summed E-state index contributed by atoms with van der Waals surface area (Å²) in [4.78, 5) is 16.1. The van der Waals surface area contributed by atoms with E-state index in [1.165, 1.54) is 0 Å². The first-order valence-corrected chi connectivity index (χ1v) is 11.9. The summed E-state index contributed by atoms with van der Waals surface area (Å²) in [5.74, 6) is -2.64. The van der Waals surface area contributed by atoms with Gasteiger partial charge in [-0.25, -0.2) is 8.78 Å². The fourth-order valence-electron chi connectivity index (χ4n) is 5.06. The highest BCUT2D eigenvalue weighted by Crippen LogP contribution is 2.48. The second kappa shape index (κ2) is 9.31. The molecule has 1 saturated carbocycles. The number of benzene rings is 1. The first kappa shape index (κ1) is 26.0. The summed E-state index contributed by atoms with van der Waals surface area (Å²) in [6, 6.07) is 7.94. The maximum Gasteiger partial charge on any atom is 0.418 e. The number of hydrogen-bond donors (Lipinski definition) is 3. The van der Waals surface area contributed by atoms with Gasteiger partial charge >= 0.3 is 6.18 Å². The van der Waals surface area contributed by atoms with Gasteiger partial charge in [-0.3, -0.25) is 9.36 Å². The van der Waals surface area contributed by atoms with Gasteiger partial charge in [-0.15, -0.1) is 10.2 Å². The lowest BCUT2D eigenvalue weighted by Crippen LogP contribution is -2.38. The van der Waals surface area contributed by atoms with Crippen LogP contribution in [-0.4, -0.2) is 48.5 Å². The highest BCUT2D eigenvalue weighted by atomic mass is 19.4. The van der Waals surface area contributed by atoms with Gasteiger partial charge in [-0.1, -0.05) is 18.6 Å². The lowest BCUT2D eigenvalue weighted by Gasteiger charge is -2.41. The van der Waals surface area contributed by atoms with Gasteiger partial charge in [0.2, 0.25) is 0 Å². The zero-order chi connectivity index (χ0) is 27.3. The number of aliphatic hydroxyl groups is 1. The number of aromatic amines is 1. The van der Waals surface area contributed by atoms with Crippen molar-refractivity contribution in [3.05, 3.63) is 75.9 Å². The summed E-state index contributed by atoms with van der Waals surface area (Å²) in [6.07, 6.45) is 0.0984. The Labute approximate surface area is 213 Å². The molecule has 1 fully saturated rings. The zero-order valence-corrected chi connectivity index (χ0v) is 20.3. The molecule has 8 nitrogen and oxygen atoms in total. The molecule has 202 valence electrons. The van der Waals surface area contributed by atoms with Crippen molar-refractivity contribution in [2.45, 2.75) is 43.3 Å². The SMILES string of the molecule is Cn1cnnc1C1(c2cccc(-n3cc(C(F)(F)F)c4cc(CNCC(F)(F)CO)[nH]c4c3=O)c2)CCC1. The summed E-state index contributed by atoms with van der Waals surface area (Å²) < 4.78 is 71.6. The standard InChI is InChI=1S/C25H25F5N6O2/c1-35-14-32-34-22(35)23(6-3-7-23)15-4-2-5-17(8-15)36-11-19(25(28,29)30)18-9-16(33-20(18)21(36)38)10-31-12-24(26,27)13-37/h2,4-5,8-9,11,14,31,33,37H,3,6-7,10,12-13H2,1H3. The summed E-state index contributed by atoms with van der Waals surface area (Å²) in [5, 5.41) is 19.0. The Morgan fingerprint density at radius 3 is 2.55 bits per heavy atom. The average molecular weight is 537 g/mol. The number of H-pyrrole nitrogens is 1. The molecule has 0 radical (unpaired) electrons. The van der Waals surface area contributed by atoms with E-state index in [9.17, 15) is 26.7 Å². The molecule has 0 unspecified atom stereocenters. The summed E-state index contributed by atoms with van der Waals surface area (Å²) in [7, 11) is 1.83. The first-order valence-electron chi connectivity index (χ1n) is 11.9. The van der Waals surface area contributed by atoms with E-state index in [1.54, 1.807) is 24.5 Å². The molecule has 1 aliphatic carbocycles. The number of alkyl halides is 5. The molecular formula is C25H25F5N6O2. The highest BCUT2D eigenvalue weighted by molar-refractivity contribution is 5.84. The van der Waals surface area contributed by atoms with Gasteiger partial charge in [-0.05, 0) is 36.6 Å². The molecule has 5 rings (SSSR count). The lowest BCUT2D eigenvalue weighted by molar-refractivity contribution is -0.136. The minimum absolute atomic E-state index is 0.124. The molecule has 4 aromatic rings. The van der Waals surface area contributed by atoms with Crippen LogP contribution < -0.4 is 10.9 Å². The van der Waals surface area contributed by atoms with Crippen LogP contribution in [0.25, 0.3) is 16.6 Å². The molecule has 1 aromatic carbocycles. The van der Waals surface area contributed by atoms with Crippen LogP contribution >= 0.6 is 0 Å². The molecule has 0 spiro atoms. The molecule has 1 aliphatic rings. The van der Waals surface area contributed by atoms with E-state index in [4.69, 9.17) is 5.11 Å². The normalized spacial score (nSPS) is 15.7. The molecule has 3 aromatic heterocycles. The number of rotatable bonds is 8. The number of aryl methyl sites for hydroxylation is 1. The van der Waals surface area contributed by atoms with Crippen molar-refractivity contribution in [3.63, 3.8) is 0 Å². The summed E-state index contributed by atoms with van der Waals surface area (Å²) in [5.41, 5.74) is -1.29. The van der Waals surface area contributed by atoms with Crippen LogP contribution in [0.5, 0.6) is 0 Å². The van der Waals surface area contributed by atoms with Crippen molar-refractivity contribution in [3.8, 4) is 5.69 Å². The Kier molecular flexibility index (Phi) is 6.38. The molecule has 3 heterocycles. The predicted molar refractivity (Wildman–Crippen MR) is 128 cm³/mol. The molecule has 0 amide bonds. The molecular weight excluding hydrogens is 511 g/mol. The van der Waals surface area contributed by atoms with Gasteiger partial charge < -0.3 is 20.0 Å². The van der Waals surface area contributed by atoms with Crippen LogP contribution in [0.4, 0.5) is 22.0 Å². The molecule has 0 atom stereocenters. The highest BCUT2D eigenvalue weighted by Gasteiger charge is 2.44. The number of hydrogen-bond acceptors (Lipinski definition) is 5. The van der Waals surface area contributed by atoms with Gasteiger partial charge in [0.1, 0.15) is 24.3 Å². The van der Waals surface area contributed by atoms with E-state index < -0.39 is 41.8 Å². The van der Waals surface area contributed by atoms with Crippen LogP contribution in [0.1, 0.15) is 41.9 Å². The van der Waals surface area contributed by atoms with E-state index >= 15 is 0 Å². The largest absolute Gasteiger partial charge is 0.418 e. The third kappa shape index (κ3) is 4.49. The second-order valence-corrected chi connectivity index (χ2v) is 9.67. The fourth-order valence-corrected chi connectivity index (χ4v) is 5.06. The second-order valence-electron chi connectivity index (χ2n) is 9.67. The van der Waals surface area contributed by atoms with Crippen molar-refractivity contribution < 1.29 is 27.1 Å². The molecule has 38 heavy (non-hydrogen) atoms. The number of aromatic nitrogens is 5. The Morgan fingerprint density at radius 1 is 1.18 bits per heavy atom. The Balaban J connectivity index is 1.58. The third-order valence-electron chi connectivity index (χ3n) is 7.11. The van der Waals surface area contributed by atoms with E-state index in [1.807, 2.05) is 17.7 Å². The molecule has 3 N–H and O–H groups in total. The third-order valence-corrected chi connectivity index (χ3v) is 7.11. The summed E-state index contributed by atoms with van der Waals surface area (Å²) >= 11 is 0. The van der Waals surface area contributed by atoms with Crippen LogP contribution in [0.15, 0.2) is 47.7 Å². The predicted octanol–water partition coefficient (Wildman–Crippen LogP) is 3.65. The number of nitrogens with one attached hydrogen (secondary N) is 2. The monoisotopic (exact) mass is 536 g/mol. The van der Waals surface area contributed by atoms with E-state index in [2.05, 4.69) is 20.5 Å². The van der Waals surface area contributed by atoms with Crippen molar-refractivity contribution in [2.24, 2.45) is 7.05 Å². The van der Waals surface area contributed by atoms with Gasteiger partial charge in [0, 0.05) is 36.6 Å². The number of fused-ring (bicyclic) bond motifs is 1. The molecule has 0 aliphatic heterocycles. The van der Waals surface area contributed by atoms with Gasteiger partial charge in [-0.2, -0.15) is 13.2 Å². The Bertz CT molecular complexity index is 1530. The minimum Gasteiger partial charge on any atom is -0.390 e. The van der Waals surface area contributed by atoms with Crippen LogP contribution in [0.3, 0.4) is 0 Å². The number of halogens is 5. The van der Waals surface area contributed by atoms with Crippen LogP contribution in [-0.2, 0) is 25.2 Å². The van der Waals surface area contributed by atoms with Crippen molar-refractivity contribution >= 4 is 10.9 Å². The van der Waals surface area contributed by atoms with Crippen LogP contribution in [0, 0.1) is 0 Å². The quantitative estimate of drug-likeness (QED) is 0.299. The molecule has 0 bridgehead atoms. The van der Waals surface area contributed by atoms with Crippen molar-refractivity contribution in [2.75, 3.05) is 13.2 Å².